The van der Waals surface area contributed by atoms with Crippen molar-refractivity contribution in [3.05, 3.63) is 30.3 Å². The predicted molar refractivity (Wildman–Crippen MR) is 67.5 cm³/mol. The van der Waals surface area contributed by atoms with E-state index < -0.39 is 22.0 Å². The average Bonchev–Trinajstić information content (AvgIpc) is 2.39. The Hall–Kier alpha value is -1.40. The molecule has 0 unspecified atom stereocenters. The van der Waals surface area contributed by atoms with Crippen LogP contribution in [0.25, 0.3) is 0 Å². The molecule has 0 fully saturated rings. The highest BCUT2D eigenvalue weighted by Gasteiger charge is 2.32. The largest absolute Gasteiger partial charge is 0.468 e. The highest BCUT2D eigenvalue weighted by molar-refractivity contribution is 7.89. The minimum absolute atomic E-state index is 0.169. The predicted octanol–water partition coefficient (Wildman–Crippen LogP) is 1.26. The summed E-state index contributed by atoms with van der Waals surface area (Å²) in [5.74, 6) is -0.573. The molecule has 0 aliphatic carbocycles. The number of likely N-dealkylation sites (N-methyl/N-ethyl adjacent to an activating group) is 1. The molecule has 0 aromatic heterocycles. The SMILES string of the molecule is CCN([C@@H](C)C(=O)OC)S(=O)(=O)c1ccccc1. The quantitative estimate of drug-likeness (QED) is 0.756. The molecule has 6 heteroatoms. The van der Waals surface area contributed by atoms with Gasteiger partial charge in [0.1, 0.15) is 6.04 Å². The number of nitrogens with zero attached hydrogens (tertiary/aromatic N) is 1. The summed E-state index contributed by atoms with van der Waals surface area (Å²) in [5, 5.41) is 0. The molecule has 5 nitrogen and oxygen atoms in total. The fraction of sp³-hybridized carbons (Fsp3) is 0.417. The summed E-state index contributed by atoms with van der Waals surface area (Å²) in [6, 6.07) is 7.18. The molecule has 0 amide bonds. The molecule has 100 valence electrons. The van der Waals surface area contributed by atoms with E-state index >= 15 is 0 Å². The maximum atomic E-state index is 12.3. The lowest BCUT2D eigenvalue weighted by atomic mass is 10.3. The van der Waals surface area contributed by atoms with Crippen LogP contribution in [-0.4, -0.2) is 38.4 Å². The van der Waals surface area contributed by atoms with Gasteiger partial charge in [-0.15, -0.1) is 0 Å². The van der Waals surface area contributed by atoms with Gasteiger partial charge in [-0.1, -0.05) is 25.1 Å². The van der Waals surface area contributed by atoms with Crippen molar-refractivity contribution >= 4 is 16.0 Å². The molecule has 0 spiro atoms. The zero-order chi connectivity index (χ0) is 13.8. The van der Waals surface area contributed by atoms with Crippen molar-refractivity contribution < 1.29 is 17.9 Å². The molecule has 1 atom stereocenters. The first-order valence-corrected chi connectivity index (χ1v) is 7.03. The topological polar surface area (TPSA) is 63.7 Å². The molecule has 0 N–H and O–H groups in total. The summed E-state index contributed by atoms with van der Waals surface area (Å²) in [6.07, 6.45) is 0. The summed E-state index contributed by atoms with van der Waals surface area (Å²) < 4.78 is 30.4. The smallest absolute Gasteiger partial charge is 0.323 e. The summed E-state index contributed by atoms with van der Waals surface area (Å²) in [4.78, 5) is 11.6. The number of esters is 1. The van der Waals surface area contributed by atoms with Gasteiger partial charge < -0.3 is 4.74 Å². The molecule has 0 aliphatic heterocycles. The van der Waals surface area contributed by atoms with Crippen molar-refractivity contribution in [1.82, 2.24) is 4.31 Å². The molecule has 0 radical (unpaired) electrons. The van der Waals surface area contributed by atoms with Gasteiger partial charge in [-0.3, -0.25) is 4.79 Å². The van der Waals surface area contributed by atoms with Crippen LogP contribution in [0.1, 0.15) is 13.8 Å². The normalized spacial score (nSPS) is 13.3. The fourth-order valence-electron chi connectivity index (χ4n) is 1.67. The van der Waals surface area contributed by atoms with Crippen LogP contribution in [0.4, 0.5) is 0 Å². The lowest BCUT2D eigenvalue weighted by Crippen LogP contribution is -2.43. The second kappa shape index (κ2) is 5.97. The van der Waals surface area contributed by atoms with Gasteiger partial charge in [-0.2, -0.15) is 4.31 Å². The highest BCUT2D eigenvalue weighted by Crippen LogP contribution is 2.18. The van der Waals surface area contributed by atoms with Gasteiger partial charge in [0.05, 0.1) is 12.0 Å². The molecule has 0 saturated carbocycles. The Morgan fingerprint density at radius 2 is 1.89 bits per heavy atom. The molecule has 1 aromatic carbocycles. The Balaban J connectivity index is 3.13. The Morgan fingerprint density at radius 3 is 2.33 bits per heavy atom. The van der Waals surface area contributed by atoms with Gasteiger partial charge in [-0.05, 0) is 19.1 Å². The number of carbonyl (C=O) groups is 1. The zero-order valence-corrected chi connectivity index (χ0v) is 11.5. The van der Waals surface area contributed by atoms with Gasteiger partial charge in [0, 0.05) is 6.54 Å². The number of methoxy groups -OCH3 is 1. The molecule has 1 aromatic rings. The molecular weight excluding hydrogens is 254 g/mol. The Labute approximate surface area is 107 Å². The number of hydrogen-bond acceptors (Lipinski definition) is 4. The molecular formula is C12H17NO4S. The van der Waals surface area contributed by atoms with Crippen molar-refractivity contribution in [2.24, 2.45) is 0 Å². The number of rotatable bonds is 5. The van der Waals surface area contributed by atoms with Crippen molar-refractivity contribution in [1.29, 1.82) is 0 Å². The lowest BCUT2D eigenvalue weighted by molar-refractivity contribution is -0.144. The number of carbonyl (C=O) groups excluding carboxylic acids is 1. The Kier molecular flexibility index (Phi) is 4.86. The van der Waals surface area contributed by atoms with Crippen LogP contribution in [0.5, 0.6) is 0 Å². The van der Waals surface area contributed by atoms with Gasteiger partial charge >= 0.3 is 5.97 Å². The van der Waals surface area contributed by atoms with E-state index in [2.05, 4.69) is 4.74 Å². The Morgan fingerprint density at radius 1 is 1.33 bits per heavy atom. The molecule has 0 heterocycles. The second-order valence-corrected chi connectivity index (χ2v) is 5.61. The standard InChI is InChI=1S/C12H17NO4S/c1-4-13(10(2)12(14)17-3)18(15,16)11-8-6-5-7-9-11/h5-10H,4H2,1-3H3/t10-/m0/s1. The van der Waals surface area contributed by atoms with E-state index in [9.17, 15) is 13.2 Å². The first kappa shape index (κ1) is 14.7. The number of ether oxygens (including phenoxy) is 1. The van der Waals surface area contributed by atoms with E-state index in [4.69, 9.17) is 0 Å². The van der Waals surface area contributed by atoms with Crippen molar-refractivity contribution in [3.63, 3.8) is 0 Å². The van der Waals surface area contributed by atoms with Crippen LogP contribution in [0.15, 0.2) is 35.2 Å². The van der Waals surface area contributed by atoms with Crippen LogP contribution >= 0.6 is 0 Å². The number of benzene rings is 1. The second-order valence-electron chi connectivity index (χ2n) is 3.72. The van der Waals surface area contributed by atoms with E-state index in [0.29, 0.717) is 0 Å². The fourth-order valence-corrected chi connectivity index (χ4v) is 3.28. The van der Waals surface area contributed by atoms with Crippen LogP contribution < -0.4 is 0 Å². The van der Waals surface area contributed by atoms with Gasteiger partial charge in [0.25, 0.3) is 0 Å². The number of hydrogen-bond donors (Lipinski definition) is 0. The van der Waals surface area contributed by atoms with E-state index in [0.717, 1.165) is 4.31 Å². The lowest BCUT2D eigenvalue weighted by Gasteiger charge is -2.25. The molecule has 18 heavy (non-hydrogen) atoms. The van der Waals surface area contributed by atoms with E-state index in [1.54, 1.807) is 25.1 Å². The van der Waals surface area contributed by atoms with E-state index in [1.165, 1.54) is 26.2 Å². The van der Waals surface area contributed by atoms with Crippen LogP contribution in [0.3, 0.4) is 0 Å². The minimum Gasteiger partial charge on any atom is -0.468 e. The molecule has 0 saturated heterocycles. The first-order chi connectivity index (χ1) is 8.45. The summed E-state index contributed by atoms with van der Waals surface area (Å²) >= 11 is 0. The van der Waals surface area contributed by atoms with Crippen molar-refractivity contribution in [3.8, 4) is 0 Å². The molecule has 0 aliphatic rings. The van der Waals surface area contributed by atoms with Crippen molar-refractivity contribution in [2.45, 2.75) is 24.8 Å². The summed E-state index contributed by atoms with van der Waals surface area (Å²) in [7, 11) is -2.44. The van der Waals surface area contributed by atoms with E-state index in [1.807, 2.05) is 0 Å². The Bertz CT molecular complexity index is 498. The van der Waals surface area contributed by atoms with Crippen molar-refractivity contribution in [2.75, 3.05) is 13.7 Å². The third kappa shape index (κ3) is 2.88. The van der Waals surface area contributed by atoms with E-state index in [-0.39, 0.29) is 11.4 Å². The molecule has 1 rings (SSSR count). The third-order valence-electron chi connectivity index (χ3n) is 2.64. The molecule has 0 bridgehead atoms. The third-order valence-corrected chi connectivity index (χ3v) is 4.70. The maximum absolute atomic E-state index is 12.3. The van der Waals surface area contributed by atoms with Crippen LogP contribution in [0.2, 0.25) is 0 Å². The summed E-state index contributed by atoms with van der Waals surface area (Å²) in [6.45, 7) is 3.39. The van der Waals surface area contributed by atoms with Crippen LogP contribution in [0, 0.1) is 0 Å². The number of sulfonamides is 1. The first-order valence-electron chi connectivity index (χ1n) is 5.59. The monoisotopic (exact) mass is 271 g/mol. The van der Waals surface area contributed by atoms with Gasteiger partial charge in [-0.25, -0.2) is 8.42 Å². The van der Waals surface area contributed by atoms with Gasteiger partial charge in [0.15, 0.2) is 0 Å². The van der Waals surface area contributed by atoms with Gasteiger partial charge in [0.2, 0.25) is 10.0 Å². The highest BCUT2D eigenvalue weighted by atomic mass is 32.2. The minimum atomic E-state index is -3.67. The van der Waals surface area contributed by atoms with Crippen LogP contribution in [-0.2, 0) is 19.6 Å². The average molecular weight is 271 g/mol. The summed E-state index contributed by atoms with van der Waals surface area (Å²) in [5.41, 5.74) is 0. The maximum Gasteiger partial charge on any atom is 0.323 e. The zero-order valence-electron chi connectivity index (χ0n) is 10.7.